The van der Waals surface area contributed by atoms with Gasteiger partial charge in [-0.05, 0) is 23.6 Å². The normalized spacial score (nSPS) is 16.3. The third-order valence-electron chi connectivity index (χ3n) is 5.87. The molecule has 0 radical (unpaired) electrons. The van der Waals surface area contributed by atoms with Crippen molar-refractivity contribution in [2.45, 2.75) is 44.1 Å². The number of benzene rings is 2. The number of fused-ring (bicyclic) bond motifs is 1. The van der Waals surface area contributed by atoms with Gasteiger partial charge in [0.05, 0.1) is 6.04 Å². The molecular formula is C23H22ClF6N5O. The average Bonchev–Trinajstić information content (AvgIpc) is 3.23. The highest BCUT2D eigenvalue weighted by Gasteiger charge is 2.42. The Hall–Kier alpha value is -3.12. The molecule has 0 unspecified atom stereocenters. The van der Waals surface area contributed by atoms with E-state index in [1.165, 1.54) is 4.90 Å². The molecule has 0 saturated heterocycles. The molecule has 0 bridgehead atoms. The summed E-state index contributed by atoms with van der Waals surface area (Å²) >= 11 is 0. The van der Waals surface area contributed by atoms with Gasteiger partial charge in [-0.1, -0.05) is 30.3 Å². The third-order valence-corrected chi connectivity index (χ3v) is 5.87. The molecule has 0 fully saturated rings. The number of hydrogen-bond acceptors (Lipinski definition) is 4. The number of nitrogens with two attached hydrogens (primary N) is 1. The van der Waals surface area contributed by atoms with E-state index < -0.39 is 47.4 Å². The zero-order chi connectivity index (χ0) is 25.3. The van der Waals surface area contributed by atoms with Crippen LogP contribution in [0.3, 0.4) is 0 Å². The summed E-state index contributed by atoms with van der Waals surface area (Å²) in [5.74, 6) is -5.18. The quantitative estimate of drug-likeness (QED) is 0.380. The summed E-state index contributed by atoms with van der Waals surface area (Å²) in [6.07, 6.45) is -5.04. The van der Waals surface area contributed by atoms with Crippen LogP contribution in [0.25, 0.3) is 0 Å². The van der Waals surface area contributed by atoms with Gasteiger partial charge in [0.15, 0.2) is 17.5 Å². The summed E-state index contributed by atoms with van der Waals surface area (Å²) in [7, 11) is 0. The highest BCUT2D eigenvalue weighted by molar-refractivity contribution is 5.85. The van der Waals surface area contributed by atoms with Crippen molar-refractivity contribution in [3.63, 3.8) is 0 Å². The van der Waals surface area contributed by atoms with Crippen LogP contribution in [0, 0.1) is 17.5 Å². The molecule has 3 aromatic rings. The van der Waals surface area contributed by atoms with Gasteiger partial charge < -0.3 is 15.2 Å². The molecule has 1 aliphatic heterocycles. The summed E-state index contributed by atoms with van der Waals surface area (Å²) in [5, 5.41) is 7.06. The van der Waals surface area contributed by atoms with Crippen molar-refractivity contribution in [1.82, 2.24) is 19.7 Å². The molecule has 1 aromatic heterocycles. The van der Waals surface area contributed by atoms with Crippen LogP contribution in [-0.4, -0.2) is 38.2 Å². The van der Waals surface area contributed by atoms with E-state index in [-0.39, 0.29) is 56.1 Å². The van der Waals surface area contributed by atoms with Crippen LogP contribution in [0.2, 0.25) is 0 Å². The molecule has 13 heteroatoms. The van der Waals surface area contributed by atoms with E-state index in [1.807, 2.05) is 0 Å². The van der Waals surface area contributed by atoms with E-state index in [0.29, 0.717) is 12.1 Å². The minimum Gasteiger partial charge on any atom is -0.330 e. The van der Waals surface area contributed by atoms with E-state index in [2.05, 4.69) is 10.2 Å². The van der Waals surface area contributed by atoms with Crippen LogP contribution >= 0.6 is 12.4 Å². The molecule has 6 nitrogen and oxygen atoms in total. The molecule has 1 aliphatic rings. The highest BCUT2D eigenvalue weighted by atomic mass is 35.5. The smallest absolute Gasteiger partial charge is 0.330 e. The fraction of sp³-hybridized carbons (Fsp3) is 0.348. The summed E-state index contributed by atoms with van der Waals surface area (Å²) in [4.78, 5) is 14.5. The lowest BCUT2D eigenvalue weighted by atomic mass is 9.99. The lowest BCUT2D eigenvalue weighted by Crippen LogP contribution is -2.45. The summed E-state index contributed by atoms with van der Waals surface area (Å²) < 4.78 is 81.8. The third kappa shape index (κ3) is 5.81. The van der Waals surface area contributed by atoms with Crippen LogP contribution in [0.5, 0.6) is 0 Å². The monoisotopic (exact) mass is 533 g/mol. The number of carbonyl (C=O) groups excluding carboxylic acids is 1. The number of nitrogens with zero attached hydrogens (tertiary/aromatic N) is 4. The Bertz CT molecular complexity index is 1220. The predicted molar refractivity (Wildman–Crippen MR) is 119 cm³/mol. The SMILES string of the molecule is Cl.N[C@@H](CC(=O)N1CCn2c(nnc2C(F)(F)F)[C@@H]1Cc1ccccc1)Cc1cc(F)c(F)cc1F. The topological polar surface area (TPSA) is 77.0 Å². The molecular weight excluding hydrogens is 512 g/mol. The molecule has 0 aliphatic carbocycles. The molecule has 2 aromatic carbocycles. The van der Waals surface area contributed by atoms with Crippen molar-refractivity contribution in [3.05, 3.63) is 82.7 Å². The molecule has 194 valence electrons. The molecule has 2 N–H and O–H groups in total. The molecule has 2 atom stereocenters. The second kappa shape index (κ2) is 10.9. The first-order valence-electron chi connectivity index (χ1n) is 10.8. The van der Waals surface area contributed by atoms with Crippen molar-refractivity contribution < 1.29 is 31.1 Å². The largest absolute Gasteiger partial charge is 0.451 e. The molecule has 0 saturated carbocycles. The van der Waals surface area contributed by atoms with Crippen LogP contribution in [-0.2, 0) is 30.4 Å². The molecule has 0 spiro atoms. The van der Waals surface area contributed by atoms with Gasteiger partial charge in [0.2, 0.25) is 11.7 Å². The Balaban J connectivity index is 0.00000361. The van der Waals surface area contributed by atoms with E-state index >= 15 is 0 Å². The van der Waals surface area contributed by atoms with E-state index in [0.717, 1.165) is 10.1 Å². The van der Waals surface area contributed by atoms with Gasteiger partial charge in [0.25, 0.3) is 0 Å². The second-order valence-electron chi connectivity index (χ2n) is 8.35. The number of halogens is 7. The summed E-state index contributed by atoms with van der Waals surface area (Å²) in [6, 6.07) is 8.19. The maximum atomic E-state index is 14.0. The molecule has 36 heavy (non-hydrogen) atoms. The van der Waals surface area contributed by atoms with Crippen LogP contribution < -0.4 is 5.73 Å². The number of aromatic nitrogens is 3. The van der Waals surface area contributed by atoms with E-state index in [9.17, 15) is 31.1 Å². The fourth-order valence-corrected chi connectivity index (χ4v) is 4.25. The lowest BCUT2D eigenvalue weighted by Gasteiger charge is -2.36. The molecule has 2 heterocycles. The zero-order valence-corrected chi connectivity index (χ0v) is 19.5. The van der Waals surface area contributed by atoms with Crippen LogP contribution in [0.1, 0.15) is 35.2 Å². The van der Waals surface area contributed by atoms with Crippen LogP contribution in [0.15, 0.2) is 42.5 Å². The van der Waals surface area contributed by atoms with Crippen molar-refractivity contribution in [2.24, 2.45) is 5.73 Å². The maximum absolute atomic E-state index is 14.0. The van der Waals surface area contributed by atoms with Gasteiger partial charge in [-0.3, -0.25) is 4.79 Å². The van der Waals surface area contributed by atoms with Crippen molar-refractivity contribution in [1.29, 1.82) is 0 Å². The Morgan fingerprint density at radius 1 is 1.03 bits per heavy atom. The maximum Gasteiger partial charge on any atom is 0.451 e. The Morgan fingerprint density at radius 3 is 2.36 bits per heavy atom. The van der Waals surface area contributed by atoms with E-state index in [4.69, 9.17) is 5.73 Å². The van der Waals surface area contributed by atoms with Gasteiger partial charge in [0, 0.05) is 38.0 Å². The number of carbonyl (C=O) groups is 1. The number of alkyl halides is 3. The first kappa shape index (κ1) is 27.5. The molecule has 4 rings (SSSR count). The number of rotatable bonds is 6. The Morgan fingerprint density at radius 2 is 1.69 bits per heavy atom. The Labute approximate surface area is 208 Å². The van der Waals surface area contributed by atoms with Gasteiger partial charge in [-0.25, -0.2) is 13.2 Å². The van der Waals surface area contributed by atoms with Gasteiger partial charge >= 0.3 is 6.18 Å². The summed E-state index contributed by atoms with van der Waals surface area (Å²) in [6.45, 7) is -0.210. The average molecular weight is 534 g/mol. The minimum atomic E-state index is -4.70. The van der Waals surface area contributed by atoms with Crippen molar-refractivity contribution >= 4 is 18.3 Å². The first-order valence-corrected chi connectivity index (χ1v) is 10.8. The fourth-order valence-electron chi connectivity index (χ4n) is 4.25. The lowest BCUT2D eigenvalue weighted by molar-refractivity contribution is -0.148. The Kier molecular flexibility index (Phi) is 8.29. The van der Waals surface area contributed by atoms with Crippen LogP contribution in [0.4, 0.5) is 26.3 Å². The van der Waals surface area contributed by atoms with Crippen molar-refractivity contribution in [2.75, 3.05) is 6.54 Å². The van der Waals surface area contributed by atoms with Crippen molar-refractivity contribution in [3.8, 4) is 0 Å². The number of amides is 1. The number of hydrogen-bond donors (Lipinski definition) is 1. The highest BCUT2D eigenvalue weighted by Crippen LogP contribution is 2.34. The standard InChI is InChI=1S/C23H21F6N5O.ClH/c24-16-12-18(26)17(25)10-14(16)9-15(30)11-20(35)33-6-7-34-21(31-32-22(34)23(27,28)29)19(33)8-13-4-2-1-3-5-13;/h1-5,10,12,15,19H,6-9,11,30H2;1H/t15-,19+;/m1./s1. The van der Waals surface area contributed by atoms with Gasteiger partial charge in [0.1, 0.15) is 5.82 Å². The molecule has 1 amide bonds. The minimum absolute atomic E-state index is 0. The predicted octanol–water partition coefficient (Wildman–Crippen LogP) is 4.22. The van der Waals surface area contributed by atoms with E-state index in [1.54, 1.807) is 30.3 Å². The first-order chi connectivity index (χ1) is 16.5. The van der Waals surface area contributed by atoms with Gasteiger partial charge in [-0.2, -0.15) is 13.2 Å². The van der Waals surface area contributed by atoms with Gasteiger partial charge in [-0.15, -0.1) is 22.6 Å². The zero-order valence-electron chi connectivity index (χ0n) is 18.7. The second-order valence-corrected chi connectivity index (χ2v) is 8.35. The summed E-state index contributed by atoms with van der Waals surface area (Å²) in [5.41, 5.74) is 6.60.